The lowest BCUT2D eigenvalue weighted by Gasteiger charge is -2.20. The van der Waals surface area contributed by atoms with Gasteiger partial charge in [0.25, 0.3) is 0 Å². The van der Waals surface area contributed by atoms with E-state index >= 15 is 0 Å². The summed E-state index contributed by atoms with van der Waals surface area (Å²) in [6.45, 7) is 0. The van der Waals surface area contributed by atoms with Crippen molar-refractivity contribution in [2.45, 2.75) is 42.2 Å². The standard InChI is InChI=1S/C16H20N2OS2/c17-10-11-20-15-9-5-4-8-14(15)18-16(19)12-21-13-6-2-1-3-7-13/h4-5,8-9,13H,1-3,6-7,11-12H2,(H,18,19). The van der Waals surface area contributed by atoms with E-state index in [9.17, 15) is 4.79 Å². The van der Waals surface area contributed by atoms with Crippen molar-refractivity contribution in [3.63, 3.8) is 0 Å². The molecule has 1 aliphatic rings. The fourth-order valence-electron chi connectivity index (χ4n) is 2.42. The summed E-state index contributed by atoms with van der Waals surface area (Å²) in [6.07, 6.45) is 6.42. The fourth-order valence-corrected chi connectivity index (χ4v) is 4.21. The van der Waals surface area contributed by atoms with Gasteiger partial charge in [-0.05, 0) is 25.0 Å². The van der Waals surface area contributed by atoms with Crippen molar-refractivity contribution in [1.82, 2.24) is 0 Å². The normalized spacial score (nSPS) is 15.4. The summed E-state index contributed by atoms with van der Waals surface area (Å²) in [6, 6.07) is 9.77. The topological polar surface area (TPSA) is 52.9 Å². The van der Waals surface area contributed by atoms with Crippen LogP contribution in [0.4, 0.5) is 5.69 Å². The average molecular weight is 320 g/mol. The van der Waals surface area contributed by atoms with Crippen LogP contribution in [0.1, 0.15) is 32.1 Å². The van der Waals surface area contributed by atoms with Crippen LogP contribution in [0.3, 0.4) is 0 Å². The highest BCUT2D eigenvalue weighted by Crippen LogP contribution is 2.29. The van der Waals surface area contributed by atoms with Gasteiger partial charge in [0.15, 0.2) is 0 Å². The van der Waals surface area contributed by atoms with E-state index in [1.54, 1.807) is 11.8 Å². The van der Waals surface area contributed by atoms with Crippen molar-refractivity contribution in [2.75, 3.05) is 16.8 Å². The third-order valence-corrected chi connectivity index (χ3v) is 5.77. The zero-order valence-electron chi connectivity index (χ0n) is 12.0. The Bertz CT molecular complexity index is 507. The molecule has 0 unspecified atom stereocenters. The number of amides is 1. The van der Waals surface area contributed by atoms with Gasteiger partial charge >= 0.3 is 0 Å². The zero-order valence-corrected chi connectivity index (χ0v) is 13.6. The Kier molecular flexibility index (Phi) is 6.98. The molecular weight excluding hydrogens is 300 g/mol. The summed E-state index contributed by atoms with van der Waals surface area (Å²) in [5.74, 6) is 0.960. The van der Waals surface area contributed by atoms with E-state index in [-0.39, 0.29) is 5.91 Å². The summed E-state index contributed by atoms with van der Waals surface area (Å²) >= 11 is 3.23. The second-order valence-electron chi connectivity index (χ2n) is 5.06. The monoisotopic (exact) mass is 320 g/mol. The Hall–Kier alpha value is -1.12. The molecule has 0 saturated heterocycles. The van der Waals surface area contributed by atoms with Gasteiger partial charge in [-0.2, -0.15) is 5.26 Å². The molecule has 1 fully saturated rings. The molecule has 0 aromatic heterocycles. The molecule has 112 valence electrons. The third kappa shape index (κ3) is 5.64. The smallest absolute Gasteiger partial charge is 0.234 e. The van der Waals surface area contributed by atoms with Crippen LogP contribution in [0, 0.1) is 11.3 Å². The van der Waals surface area contributed by atoms with Crippen molar-refractivity contribution >= 4 is 35.1 Å². The van der Waals surface area contributed by atoms with E-state index in [2.05, 4.69) is 11.4 Å². The molecule has 0 bridgehead atoms. The summed E-state index contributed by atoms with van der Waals surface area (Å²) in [7, 11) is 0. The molecule has 1 aromatic carbocycles. The predicted octanol–water partition coefficient (Wildman–Crippen LogP) is 4.31. The van der Waals surface area contributed by atoms with Gasteiger partial charge in [-0.1, -0.05) is 31.4 Å². The first-order valence-electron chi connectivity index (χ1n) is 7.30. The predicted molar refractivity (Wildman–Crippen MR) is 90.7 cm³/mol. The number of carbonyl (C=O) groups is 1. The number of nitriles is 1. The molecule has 0 atom stereocenters. The second kappa shape index (κ2) is 9.01. The summed E-state index contributed by atoms with van der Waals surface area (Å²) < 4.78 is 0. The number of nitrogens with zero attached hydrogens (tertiary/aromatic N) is 1. The molecule has 0 heterocycles. The first kappa shape index (κ1) is 16.3. The summed E-state index contributed by atoms with van der Waals surface area (Å²) in [4.78, 5) is 13.0. The van der Waals surface area contributed by atoms with Gasteiger partial charge in [0.2, 0.25) is 5.91 Å². The van der Waals surface area contributed by atoms with E-state index in [4.69, 9.17) is 5.26 Å². The first-order valence-corrected chi connectivity index (χ1v) is 9.33. The van der Waals surface area contributed by atoms with E-state index < -0.39 is 0 Å². The lowest BCUT2D eigenvalue weighted by atomic mass is 10.0. The lowest BCUT2D eigenvalue weighted by molar-refractivity contribution is -0.113. The molecule has 0 radical (unpaired) electrons. The fraction of sp³-hybridized carbons (Fsp3) is 0.500. The molecule has 1 aliphatic carbocycles. The Morgan fingerprint density at radius 2 is 2.05 bits per heavy atom. The number of anilines is 1. The molecule has 21 heavy (non-hydrogen) atoms. The Balaban J connectivity index is 1.83. The zero-order chi connectivity index (χ0) is 14.9. The Labute approximate surface area is 134 Å². The maximum Gasteiger partial charge on any atom is 0.234 e. The van der Waals surface area contributed by atoms with Gasteiger partial charge in [0.1, 0.15) is 0 Å². The molecule has 1 N–H and O–H groups in total. The summed E-state index contributed by atoms with van der Waals surface area (Å²) in [5, 5.41) is 12.3. The molecule has 1 aromatic rings. The first-order chi connectivity index (χ1) is 10.3. The Morgan fingerprint density at radius 3 is 2.81 bits per heavy atom. The van der Waals surface area contributed by atoms with Crippen LogP contribution in [0.2, 0.25) is 0 Å². The SMILES string of the molecule is N#CCSc1ccccc1NC(=O)CSC1CCCCC1. The van der Waals surface area contributed by atoms with Crippen LogP contribution in [0.25, 0.3) is 0 Å². The van der Waals surface area contributed by atoms with Crippen molar-refractivity contribution in [2.24, 2.45) is 0 Å². The van der Waals surface area contributed by atoms with Crippen LogP contribution in [0.5, 0.6) is 0 Å². The molecule has 2 rings (SSSR count). The quantitative estimate of drug-likeness (QED) is 0.794. The highest BCUT2D eigenvalue weighted by molar-refractivity contribution is 8.00. The highest BCUT2D eigenvalue weighted by atomic mass is 32.2. The molecule has 0 spiro atoms. The largest absolute Gasteiger partial charge is 0.324 e. The number of rotatable bonds is 6. The molecule has 0 aliphatic heterocycles. The van der Waals surface area contributed by atoms with Crippen LogP contribution in [-0.2, 0) is 4.79 Å². The van der Waals surface area contributed by atoms with Crippen molar-refractivity contribution in [1.29, 1.82) is 5.26 Å². The van der Waals surface area contributed by atoms with Gasteiger partial charge in [-0.25, -0.2) is 0 Å². The van der Waals surface area contributed by atoms with E-state index in [1.807, 2.05) is 24.3 Å². The van der Waals surface area contributed by atoms with Gasteiger partial charge in [0.05, 0.1) is 23.3 Å². The van der Waals surface area contributed by atoms with E-state index in [0.717, 1.165) is 10.6 Å². The second-order valence-corrected chi connectivity index (χ2v) is 7.37. The van der Waals surface area contributed by atoms with E-state index in [1.165, 1.54) is 43.9 Å². The Morgan fingerprint density at radius 1 is 1.29 bits per heavy atom. The molecule has 5 heteroatoms. The molecule has 3 nitrogen and oxygen atoms in total. The number of hydrogen-bond acceptors (Lipinski definition) is 4. The van der Waals surface area contributed by atoms with Crippen molar-refractivity contribution < 1.29 is 4.79 Å². The highest BCUT2D eigenvalue weighted by Gasteiger charge is 2.15. The molecule has 1 saturated carbocycles. The number of benzene rings is 1. The van der Waals surface area contributed by atoms with Crippen molar-refractivity contribution in [3.8, 4) is 6.07 Å². The number of para-hydroxylation sites is 1. The number of carbonyl (C=O) groups excluding carboxylic acids is 1. The van der Waals surface area contributed by atoms with E-state index in [0.29, 0.717) is 16.8 Å². The van der Waals surface area contributed by atoms with Crippen molar-refractivity contribution in [3.05, 3.63) is 24.3 Å². The summed E-state index contributed by atoms with van der Waals surface area (Å²) in [5.41, 5.74) is 0.812. The van der Waals surface area contributed by atoms with Gasteiger partial charge < -0.3 is 5.32 Å². The minimum atomic E-state index is 0.0515. The third-order valence-electron chi connectivity index (χ3n) is 3.46. The van der Waals surface area contributed by atoms with Crippen LogP contribution in [-0.4, -0.2) is 22.7 Å². The van der Waals surface area contributed by atoms with Gasteiger partial charge in [-0.15, -0.1) is 23.5 Å². The minimum Gasteiger partial charge on any atom is -0.324 e. The maximum atomic E-state index is 12.1. The molecular formula is C16H20N2OS2. The van der Waals surface area contributed by atoms with Gasteiger partial charge in [-0.3, -0.25) is 4.79 Å². The maximum absolute atomic E-state index is 12.1. The average Bonchev–Trinajstić information content (AvgIpc) is 2.53. The lowest BCUT2D eigenvalue weighted by Crippen LogP contribution is -2.18. The number of nitrogens with one attached hydrogen (secondary N) is 1. The van der Waals surface area contributed by atoms with Crippen LogP contribution in [0.15, 0.2) is 29.2 Å². The van der Waals surface area contributed by atoms with Crippen LogP contribution >= 0.6 is 23.5 Å². The van der Waals surface area contributed by atoms with Crippen LogP contribution < -0.4 is 5.32 Å². The number of hydrogen-bond donors (Lipinski definition) is 1. The van der Waals surface area contributed by atoms with Gasteiger partial charge in [0, 0.05) is 10.1 Å². The molecule has 1 amide bonds. The number of thioether (sulfide) groups is 2. The minimum absolute atomic E-state index is 0.0515.